The van der Waals surface area contributed by atoms with Crippen LogP contribution in [-0.2, 0) is 6.54 Å². The summed E-state index contributed by atoms with van der Waals surface area (Å²) in [5, 5.41) is 7.55. The van der Waals surface area contributed by atoms with Crippen LogP contribution in [0.2, 0.25) is 0 Å². The van der Waals surface area contributed by atoms with Crippen molar-refractivity contribution >= 4 is 5.84 Å². The molecular weight excluding hydrogens is 224 g/mol. The molecule has 0 atom stereocenters. The Bertz CT molecular complexity index is 429. The van der Waals surface area contributed by atoms with Gasteiger partial charge in [-0.15, -0.1) is 0 Å². The largest absolute Gasteiger partial charge is 0.382 e. The number of amidine groups is 1. The number of nitrogens with two attached hydrogens (primary N) is 1. The van der Waals surface area contributed by atoms with Crippen LogP contribution in [-0.4, -0.2) is 28.8 Å². The van der Waals surface area contributed by atoms with Gasteiger partial charge in [0, 0.05) is 12.7 Å². The molecule has 18 heavy (non-hydrogen) atoms. The van der Waals surface area contributed by atoms with Gasteiger partial charge in [0.25, 0.3) is 0 Å². The molecule has 4 nitrogen and oxygen atoms in total. The Morgan fingerprint density at radius 1 is 1.44 bits per heavy atom. The number of nitrogen functional groups attached to an aromatic ring is 1. The van der Waals surface area contributed by atoms with Gasteiger partial charge < -0.3 is 5.73 Å². The summed E-state index contributed by atoms with van der Waals surface area (Å²) in [5.74, 6) is 0.0583. The molecule has 0 saturated carbocycles. The molecule has 0 unspecified atom stereocenters. The Morgan fingerprint density at radius 3 is 2.72 bits per heavy atom. The van der Waals surface area contributed by atoms with E-state index in [0.717, 1.165) is 25.2 Å². The predicted octanol–water partition coefficient (Wildman–Crippen LogP) is 1.99. The van der Waals surface area contributed by atoms with E-state index in [1.807, 2.05) is 12.1 Å². The number of hydrogen-bond donors (Lipinski definition) is 2. The Labute approximate surface area is 109 Å². The van der Waals surface area contributed by atoms with E-state index in [1.54, 1.807) is 6.20 Å². The van der Waals surface area contributed by atoms with Crippen LogP contribution in [0.15, 0.2) is 18.3 Å². The summed E-state index contributed by atoms with van der Waals surface area (Å²) >= 11 is 0. The van der Waals surface area contributed by atoms with Crippen molar-refractivity contribution in [1.82, 2.24) is 9.88 Å². The quantitative estimate of drug-likeness (QED) is 0.633. The van der Waals surface area contributed by atoms with Gasteiger partial charge >= 0.3 is 0 Å². The molecule has 0 spiro atoms. The molecule has 1 aliphatic rings. The first-order valence-electron chi connectivity index (χ1n) is 6.49. The molecular formula is C14H22N4. The van der Waals surface area contributed by atoms with Gasteiger partial charge in [-0.3, -0.25) is 15.3 Å². The fourth-order valence-electron chi connectivity index (χ4n) is 2.37. The molecule has 3 N–H and O–H groups in total. The summed E-state index contributed by atoms with van der Waals surface area (Å²) in [6, 6.07) is 3.93. The van der Waals surface area contributed by atoms with Crippen molar-refractivity contribution in [1.29, 1.82) is 5.41 Å². The predicted molar refractivity (Wildman–Crippen MR) is 73.5 cm³/mol. The molecule has 2 heterocycles. The van der Waals surface area contributed by atoms with E-state index >= 15 is 0 Å². The van der Waals surface area contributed by atoms with Crippen LogP contribution < -0.4 is 5.73 Å². The van der Waals surface area contributed by atoms with Gasteiger partial charge in [0.15, 0.2) is 0 Å². The van der Waals surface area contributed by atoms with Crippen molar-refractivity contribution in [3.8, 4) is 0 Å². The molecule has 0 aromatic carbocycles. The average Bonchev–Trinajstić information content (AvgIpc) is 2.32. The van der Waals surface area contributed by atoms with Crippen molar-refractivity contribution in [2.24, 2.45) is 11.1 Å². The molecule has 1 aromatic heterocycles. The highest BCUT2D eigenvalue weighted by Crippen LogP contribution is 2.30. The Hall–Kier alpha value is -1.42. The fourth-order valence-corrected chi connectivity index (χ4v) is 2.37. The maximum absolute atomic E-state index is 7.55. The zero-order chi connectivity index (χ0) is 13.2. The SMILES string of the molecule is CC1(C)CCN(Cc2cccnc2C(=N)N)CC1. The lowest BCUT2D eigenvalue weighted by atomic mass is 9.82. The van der Waals surface area contributed by atoms with Crippen LogP contribution in [0.1, 0.15) is 37.9 Å². The van der Waals surface area contributed by atoms with Crippen LogP contribution in [0.25, 0.3) is 0 Å². The highest BCUT2D eigenvalue weighted by atomic mass is 15.1. The fraction of sp³-hybridized carbons (Fsp3) is 0.571. The van der Waals surface area contributed by atoms with Crippen molar-refractivity contribution in [3.63, 3.8) is 0 Å². The normalized spacial score (nSPS) is 19.7. The van der Waals surface area contributed by atoms with Crippen molar-refractivity contribution in [2.45, 2.75) is 33.2 Å². The van der Waals surface area contributed by atoms with E-state index in [0.29, 0.717) is 11.1 Å². The Morgan fingerprint density at radius 2 is 2.11 bits per heavy atom. The molecule has 0 aliphatic carbocycles. The number of hydrogen-bond acceptors (Lipinski definition) is 3. The van der Waals surface area contributed by atoms with Crippen molar-refractivity contribution < 1.29 is 0 Å². The summed E-state index contributed by atoms with van der Waals surface area (Å²) in [6.45, 7) is 7.72. The monoisotopic (exact) mass is 246 g/mol. The van der Waals surface area contributed by atoms with E-state index < -0.39 is 0 Å². The van der Waals surface area contributed by atoms with Crippen LogP contribution in [0.5, 0.6) is 0 Å². The number of pyridine rings is 1. The minimum absolute atomic E-state index is 0.0583. The van der Waals surface area contributed by atoms with Gasteiger partial charge in [-0.25, -0.2) is 0 Å². The van der Waals surface area contributed by atoms with E-state index in [9.17, 15) is 0 Å². The molecule has 0 radical (unpaired) electrons. The minimum Gasteiger partial charge on any atom is -0.382 e. The first kappa shape index (κ1) is 13.0. The number of nitrogens with zero attached hydrogens (tertiary/aromatic N) is 2. The van der Waals surface area contributed by atoms with E-state index in [1.165, 1.54) is 12.8 Å². The van der Waals surface area contributed by atoms with Gasteiger partial charge in [-0.1, -0.05) is 19.9 Å². The molecule has 0 bridgehead atoms. The van der Waals surface area contributed by atoms with Crippen molar-refractivity contribution in [3.05, 3.63) is 29.6 Å². The third-order valence-corrected chi connectivity index (χ3v) is 3.75. The number of likely N-dealkylation sites (tertiary alicyclic amines) is 1. The van der Waals surface area contributed by atoms with Gasteiger partial charge in [0.05, 0.1) is 0 Å². The second-order valence-corrected chi connectivity index (χ2v) is 5.87. The smallest absolute Gasteiger partial charge is 0.142 e. The average molecular weight is 246 g/mol. The highest BCUT2D eigenvalue weighted by molar-refractivity contribution is 5.94. The van der Waals surface area contributed by atoms with Gasteiger partial charge in [-0.05, 0) is 43.0 Å². The second-order valence-electron chi connectivity index (χ2n) is 5.87. The first-order valence-corrected chi connectivity index (χ1v) is 6.49. The zero-order valence-electron chi connectivity index (χ0n) is 11.2. The minimum atomic E-state index is 0.0583. The van der Waals surface area contributed by atoms with Crippen LogP contribution in [0, 0.1) is 10.8 Å². The summed E-state index contributed by atoms with van der Waals surface area (Å²) < 4.78 is 0. The number of piperidine rings is 1. The van der Waals surface area contributed by atoms with Gasteiger partial charge in [0.1, 0.15) is 11.5 Å². The maximum Gasteiger partial charge on any atom is 0.142 e. The Balaban J connectivity index is 2.04. The molecule has 4 heteroatoms. The lowest BCUT2D eigenvalue weighted by Gasteiger charge is -2.37. The lowest BCUT2D eigenvalue weighted by molar-refractivity contribution is 0.127. The summed E-state index contributed by atoms with van der Waals surface area (Å²) in [4.78, 5) is 6.62. The number of nitrogens with one attached hydrogen (secondary N) is 1. The number of aromatic nitrogens is 1. The first-order chi connectivity index (χ1) is 8.48. The topological polar surface area (TPSA) is 66.0 Å². The molecule has 1 fully saturated rings. The third-order valence-electron chi connectivity index (χ3n) is 3.75. The molecule has 1 aromatic rings. The van der Waals surface area contributed by atoms with Gasteiger partial charge in [0.2, 0.25) is 0 Å². The molecule has 0 amide bonds. The second kappa shape index (κ2) is 5.06. The van der Waals surface area contributed by atoms with E-state index in [4.69, 9.17) is 11.1 Å². The van der Waals surface area contributed by atoms with E-state index in [2.05, 4.69) is 23.7 Å². The van der Waals surface area contributed by atoms with Gasteiger partial charge in [-0.2, -0.15) is 0 Å². The molecule has 1 saturated heterocycles. The van der Waals surface area contributed by atoms with Crippen LogP contribution >= 0.6 is 0 Å². The van der Waals surface area contributed by atoms with Crippen LogP contribution in [0.3, 0.4) is 0 Å². The number of rotatable bonds is 3. The maximum atomic E-state index is 7.55. The van der Waals surface area contributed by atoms with E-state index in [-0.39, 0.29) is 5.84 Å². The van der Waals surface area contributed by atoms with Crippen molar-refractivity contribution in [2.75, 3.05) is 13.1 Å². The zero-order valence-corrected chi connectivity index (χ0v) is 11.2. The summed E-state index contributed by atoms with van der Waals surface area (Å²) in [5.41, 5.74) is 7.72. The third kappa shape index (κ3) is 3.07. The summed E-state index contributed by atoms with van der Waals surface area (Å²) in [6.07, 6.45) is 4.14. The van der Waals surface area contributed by atoms with Crippen LogP contribution in [0.4, 0.5) is 0 Å². The molecule has 98 valence electrons. The molecule has 2 rings (SSSR count). The molecule has 1 aliphatic heterocycles. The Kier molecular flexibility index (Phi) is 3.66. The summed E-state index contributed by atoms with van der Waals surface area (Å²) in [7, 11) is 0. The highest BCUT2D eigenvalue weighted by Gasteiger charge is 2.25. The lowest BCUT2D eigenvalue weighted by Crippen LogP contribution is -2.37. The standard InChI is InChI=1S/C14H22N4/c1-14(2)5-8-18(9-6-14)10-11-4-3-7-17-12(11)13(15)16/h3-4,7H,5-6,8-10H2,1-2H3,(H3,15,16).